The second-order valence-electron chi connectivity index (χ2n) is 10.8. The summed E-state index contributed by atoms with van der Waals surface area (Å²) >= 11 is 6.47. The van der Waals surface area contributed by atoms with E-state index in [1.165, 1.54) is 5.56 Å². The fraction of sp³-hybridized carbons (Fsp3) is 0.483. The number of anilines is 1. The molecule has 1 heterocycles. The maximum atomic E-state index is 14.0. The Balaban J connectivity index is 1.36. The third-order valence-electron chi connectivity index (χ3n) is 8.49. The standard InChI is InChI=1S/C29H31ClN2O4/c30-18-9-12-21-25(15-18)32(29(36)23-16-22(23)17-5-2-1-3-6-17)24-8-4-7-20(24)28(21)31(19-10-11-19)26(33)13-14-27(34)35/h1-3,5-6,9,12,15,19-20,22-24,28H,4,7-8,10-11,13-14,16H2,(H,34,35)/t20-,22-,23+,24+,28+/m0/s1. The number of amides is 2. The number of carbonyl (C=O) groups is 3. The second kappa shape index (κ2) is 9.22. The summed E-state index contributed by atoms with van der Waals surface area (Å²) in [4.78, 5) is 42.6. The molecular weight excluding hydrogens is 476 g/mol. The molecule has 188 valence electrons. The highest BCUT2D eigenvalue weighted by molar-refractivity contribution is 6.31. The minimum absolute atomic E-state index is 0.00607. The average molecular weight is 507 g/mol. The van der Waals surface area contributed by atoms with Crippen molar-refractivity contribution in [1.82, 2.24) is 4.90 Å². The summed E-state index contributed by atoms with van der Waals surface area (Å²) in [6, 6.07) is 16.0. The Morgan fingerprint density at radius 2 is 1.78 bits per heavy atom. The van der Waals surface area contributed by atoms with Crippen LogP contribution in [0.5, 0.6) is 0 Å². The topological polar surface area (TPSA) is 77.9 Å². The van der Waals surface area contributed by atoms with Crippen molar-refractivity contribution >= 4 is 35.1 Å². The first kappa shape index (κ1) is 23.5. The van der Waals surface area contributed by atoms with Crippen LogP contribution in [0.2, 0.25) is 5.02 Å². The van der Waals surface area contributed by atoms with E-state index in [1.54, 1.807) is 0 Å². The lowest BCUT2D eigenvalue weighted by Gasteiger charge is -2.48. The van der Waals surface area contributed by atoms with Gasteiger partial charge in [-0.05, 0) is 61.3 Å². The molecule has 0 aromatic heterocycles. The predicted molar refractivity (Wildman–Crippen MR) is 137 cm³/mol. The summed E-state index contributed by atoms with van der Waals surface area (Å²) in [5.74, 6) is -0.525. The number of benzene rings is 2. The molecule has 7 heteroatoms. The van der Waals surface area contributed by atoms with Crippen molar-refractivity contribution in [3.8, 4) is 0 Å². The van der Waals surface area contributed by atoms with Gasteiger partial charge in [0.25, 0.3) is 0 Å². The third kappa shape index (κ3) is 4.19. The van der Waals surface area contributed by atoms with Crippen molar-refractivity contribution in [3.05, 3.63) is 64.7 Å². The van der Waals surface area contributed by atoms with Crippen LogP contribution in [-0.2, 0) is 14.4 Å². The van der Waals surface area contributed by atoms with Crippen LogP contribution < -0.4 is 4.90 Å². The Hall–Kier alpha value is -2.86. The molecular formula is C29H31ClN2O4. The first-order valence-electron chi connectivity index (χ1n) is 13.1. The molecule has 2 aromatic carbocycles. The van der Waals surface area contributed by atoms with Gasteiger partial charge in [0.2, 0.25) is 11.8 Å². The van der Waals surface area contributed by atoms with Crippen LogP contribution in [0, 0.1) is 11.8 Å². The van der Waals surface area contributed by atoms with Gasteiger partial charge in [0.1, 0.15) is 0 Å². The van der Waals surface area contributed by atoms with Gasteiger partial charge in [-0.1, -0.05) is 54.4 Å². The Labute approximate surface area is 216 Å². The van der Waals surface area contributed by atoms with Crippen LogP contribution in [0.1, 0.15) is 74.5 Å². The summed E-state index contributed by atoms with van der Waals surface area (Å²) in [5, 5.41) is 9.75. The maximum Gasteiger partial charge on any atom is 0.303 e. The Morgan fingerprint density at radius 3 is 2.50 bits per heavy atom. The van der Waals surface area contributed by atoms with E-state index in [0.717, 1.165) is 49.8 Å². The van der Waals surface area contributed by atoms with Crippen molar-refractivity contribution < 1.29 is 19.5 Å². The molecule has 6 rings (SSSR count). The largest absolute Gasteiger partial charge is 0.481 e. The van der Waals surface area contributed by atoms with Crippen LogP contribution in [0.3, 0.4) is 0 Å². The number of nitrogens with zero attached hydrogens (tertiary/aromatic N) is 2. The zero-order valence-corrected chi connectivity index (χ0v) is 20.9. The smallest absolute Gasteiger partial charge is 0.303 e. The van der Waals surface area contributed by atoms with E-state index in [-0.39, 0.29) is 60.5 Å². The number of carboxylic acid groups (broad SMARTS) is 1. The lowest BCUT2D eigenvalue weighted by atomic mass is 9.81. The van der Waals surface area contributed by atoms with Crippen molar-refractivity contribution in [2.45, 2.75) is 75.4 Å². The van der Waals surface area contributed by atoms with Crippen molar-refractivity contribution in [3.63, 3.8) is 0 Å². The lowest BCUT2D eigenvalue weighted by molar-refractivity contribution is -0.143. The van der Waals surface area contributed by atoms with Gasteiger partial charge in [0.15, 0.2) is 0 Å². The molecule has 1 aliphatic heterocycles. The molecule has 0 saturated heterocycles. The number of carbonyl (C=O) groups excluding carboxylic acids is 2. The summed E-state index contributed by atoms with van der Waals surface area (Å²) in [7, 11) is 0. The van der Waals surface area contributed by atoms with Gasteiger partial charge in [0.05, 0.1) is 18.2 Å². The first-order chi connectivity index (χ1) is 17.4. The number of rotatable bonds is 7. The molecule has 1 N–H and O–H groups in total. The van der Waals surface area contributed by atoms with Crippen LogP contribution >= 0.6 is 11.6 Å². The Morgan fingerprint density at radius 1 is 1.00 bits per heavy atom. The van der Waals surface area contributed by atoms with Crippen LogP contribution in [0.4, 0.5) is 5.69 Å². The van der Waals surface area contributed by atoms with E-state index in [1.807, 2.05) is 46.2 Å². The molecule has 4 aliphatic rings. The molecule has 0 radical (unpaired) electrons. The molecule has 3 fully saturated rings. The summed E-state index contributed by atoms with van der Waals surface area (Å²) in [6.45, 7) is 0. The van der Waals surface area contributed by atoms with Gasteiger partial charge in [-0.2, -0.15) is 0 Å². The molecule has 5 atom stereocenters. The van der Waals surface area contributed by atoms with Crippen molar-refractivity contribution in [2.75, 3.05) is 4.90 Å². The number of hydrogen-bond acceptors (Lipinski definition) is 3. The van der Waals surface area contributed by atoms with Gasteiger partial charge in [0, 0.05) is 35.4 Å². The van der Waals surface area contributed by atoms with Gasteiger partial charge in [-0.15, -0.1) is 0 Å². The van der Waals surface area contributed by atoms with Gasteiger partial charge in [-0.3, -0.25) is 14.4 Å². The predicted octanol–water partition coefficient (Wildman–Crippen LogP) is 5.56. The number of halogens is 1. The second-order valence-corrected chi connectivity index (χ2v) is 11.2. The monoisotopic (exact) mass is 506 g/mol. The quantitative estimate of drug-likeness (QED) is 0.533. The lowest BCUT2D eigenvalue weighted by Crippen LogP contribution is -2.53. The normalized spacial score (nSPS) is 28.2. The molecule has 0 spiro atoms. The first-order valence-corrected chi connectivity index (χ1v) is 13.5. The van der Waals surface area contributed by atoms with Crippen molar-refractivity contribution in [2.24, 2.45) is 11.8 Å². The fourth-order valence-corrected chi connectivity index (χ4v) is 6.84. The Bertz CT molecular complexity index is 1200. The van der Waals surface area contributed by atoms with E-state index in [0.29, 0.717) is 5.02 Å². The minimum atomic E-state index is -0.956. The molecule has 3 saturated carbocycles. The minimum Gasteiger partial charge on any atom is -0.481 e. The number of carboxylic acids is 1. The molecule has 0 unspecified atom stereocenters. The highest BCUT2D eigenvalue weighted by Crippen LogP contribution is 2.56. The van der Waals surface area contributed by atoms with E-state index in [9.17, 15) is 19.5 Å². The number of hydrogen-bond donors (Lipinski definition) is 1. The number of aliphatic carboxylic acids is 1. The summed E-state index contributed by atoms with van der Waals surface area (Å²) in [6.07, 6.45) is 5.45. The SMILES string of the molecule is O=C(O)CCC(=O)N(C1CC1)[C@H]1c2ccc(Cl)cc2N(C(=O)[C@@H]2C[C@H]2c2ccccc2)[C@@H]2CCC[C@@H]21. The molecule has 6 nitrogen and oxygen atoms in total. The van der Waals surface area contributed by atoms with E-state index >= 15 is 0 Å². The molecule has 3 aliphatic carbocycles. The van der Waals surface area contributed by atoms with Gasteiger partial charge in [-0.25, -0.2) is 0 Å². The van der Waals surface area contributed by atoms with Crippen LogP contribution in [0.25, 0.3) is 0 Å². The van der Waals surface area contributed by atoms with E-state index < -0.39 is 5.97 Å². The third-order valence-corrected chi connectivity index (χ3v) is 8.73. The number of fused-ring (bicyclic) bond motifs is 2. The van der Waals surface area contributed by atoms with Crippen molar-refractivity contribution in [1.29, 1.82) is 0 Å². The zero-order valence-electron chi connectivity index (χ0n) is 20.2. The van der Waals surface area contributed by atoms with Gasteiger partial charge >= 0.3 is 5.97 Å². The fourth-order valence-electron chi connectivity index (χ4n) is 6.68. The van der Waals surface area contributed by atoms with Crippen LogP contribution in [0.15, 0.2) is 48.5 Å². The van der Waals surface area contributed by atoms with Crippen LogP contribution in [-0.4, -0.2) is 39.9 Å². The summed E-state index contributed by atoms with van der Waals surface area (Å²) in [5.41, 5.74) is 3.02. The van der Waals surface area contributed by atoms with E-state index in [4.69, 9.17) is 11.6 Å². The molecule has 2 aromatic rings. The maximum absolute atomic E-state index is 14.0. The zero-order chi connectivity index (χ0) is 25.0. The highest BCUT2D eigenvalue weighted by atomic mass is 35.5. The molecule has 0 bridgehead atoms. The molecule has 2 amide bonds. The summed E-state index contributed by atoms with van der Waals surface area (Å²) < 4.78 is 0. The van der Waals surface area contributed by atoms with E-state index in [2.05, 4.69) is 12.1 Å². The average Bonchev–Trinajstić information content (AvgIpc) is 3.80. The van der Waals surface area contributed by atoms with Gasteiger partial charge < -0.3 is 14.9 Å². The highest BCUT2D eigenvalue weighted by Gasteiger charge is 2.54. The Kier molecular flexibility index (Phi) is 6.03. The molecule has 36 heavy (non-hydrogen) atoms.